The lowest BCUT2D eigenvalue weighted by molar-refractivity contribution is -0.130. The molecule has 170 valence electrons. The third-order valence-corrected chi connectivity index (χ3v) is 6.17. The summed E-state index contributed by atoms with van der Waals surface area (Å²) in [7, 11) is 0. The molecule has 2 aliphatic rings. The first-order valence-corrected chi connectivity index (χ1v) is 11.3. The summed E-state index contributed by atoms with van der Waals surface area (Å²) in [6.07, 6.45) is 4.79. The molecule has 2 aliphatic heterocycles. The van der Waals surface area contributed by atoms with E-state index in [0.29, 0.717) is 50.6 Å². The van der Waals surface area contributed by atoms with Gasteiger partial charge in [-0.25, -0.2) is 4.39 Å². The number of aliphatic hydroxyl groups excluding tert-OH is 1. The summed E-state index contributed by atoms with van der Waals surface area (Å²) in [5.74, 6) is -0.118. The summed E-state index contributed by atoms with van der Waals surface area (Å²) >= 11 is 5.77. The minimum Gasteiger partial charge on any atom is -0.392 e. The summed E-state index contributed by atoms with van der Waals surface area (Å²) < 4.78 is 13.3. The fourth-order valence-corrected chi connectivity index (χ4v) is 4.50. The van der Waals surface area contributed by atoms with Gasteiger partial charge in [0.25, 0.3) is 0 Å². The molecule has 6 nitrogen and oxygen atoms in total. The molecule has 2 saturated heterocycles. The maximum Gasteiger partial charge on any atom is 0.246 e. The van der Waals surface area contributed by atoms with Crippen LogP contribution in [0.25, 0.3) is 6.08 Å². The highest BCUT2D eigenvalue weighted by molar-refractivity contribution is 6.30. The van der Waals surface area contributed by atoms with Crippen molar-refractivity contribution in [2.75, 3.05) is 45.8 Å². The van der Waals surface area contributed by atoms with E-state index in [1.807, 2.05) is 4.90 Å². The summed E-state index contributed by atoms with van der Waals surface area (Å²) in [5, 5.41) is 9.94. The van der Waals surface area contributed by atoms with E-state index >= 15 is 0 Å². The van der Waals surface area contributed by atoms with Gasteiger partial charge in [0, 0.05) is 51.8 Å². The highest BCUT2D eigenvalue weighted by atomic mass is 35.5. The second-order valence-electron chi connectivity index (χ2n) is 8.57. The Morgan fingerprint density at radius 1 is 1.26 bits per heavy atom. The molecule has 1 N–H and O–H groups in total. The number of halogens is 2. The third kappa shape index (κ3) is 7.02. The van der Waals surface area contributed by atoms with Crippen LogP contribution < -0.4 is 0 Å². The van der Waals surface area contributed by atoms with Gasteiger partial charge in [0.2, 0.25) is 11.8 Å². The van der Waals surface area contributed by atoms with Gasteiger partial charge in [0.15, 0.2) is 0 Å². The van der Waals surface area contributed by atoms with Crippen LogP contribution in [0.1, 0.15) is 31.7 Å². The van der Waals surface area contributed by atoms with E-state index in [-0.39, 0.29) is 22.9 Å². The van der Waals surface area contributed by atoms with Crippen molar-refractivity contribution in [2.24, 2.45) is 5.92 Å². The zero-order valence-electron chi connectivity index (χ0n) is 18.0. The van der Waals surface area contributed by atoms with Gasteiger partial charge in [-0.15, -0.1) is 0 Å². The van der Waals surface area contributed by atoms with E-state index in [1.54, 1.807) is 17.0 Å². The van der Waals surface area contributed by atoms with Crippen LogP contribution in [-0.4, -0.2) is 83.5 Å². The molecule has 1 aromatic rings. The summed E-state index contributed by atoms with van der Waals surface area (Å²) in [4.78, 5) is 30.8. The van der Waals surface area contributed by atoms with Crippen LogP contribution in [-0.2, 0) is 9.59 Å². The van der Waals surface area contributed by atoms with E-state index in [4.69, 9.17) is 11.6 Å². The number of nitrogens with zero attached hydrogens (tertiary/aromatic N) is 3. The first-order valence-electron chi connectivity index (χ1n) is 10.9. The molecule has 1 aromatic carbocycles. The Morgan fingerprint density at radius 3 is 2.81 bits per heavy atom. The highest BCUT2D eigenvalue weighted by Crippen LogP contribution is 2.18. The van der Waals surface area contributed by atoms with E-state index in [1.165, 1.54) is 18.2 Å². The van der Waals surface area contributed by atoms with Gasteiger partial charge in [-0.05, 0) is 49.1 Å². The third-order valence-electron chi connectivity index (χ3n) is 5.88. The number of likely N-dealkylation sites (tertiary alicyclic amines) is 1. The normalized spacial score (nSPS) is 23.4. The van der Waals surface area contributed by atoms with E-state index in [0.717, 1.165) is 25.9 Å². The van der Waals surface area contributed by atoms with E-state index in [2.05, 4.69) is 11.8 Å². The summed E-state index contributed by atoms with van der Waals surface area (Å²) in [5.41, 5.74) is 0.643. The van der Waals surface area contributed by atoms with Crippen LogP contribution in [0.4, 0.5) is 4.39 Å². The molecule has 2 fully saturated rings. The van der Waals surface area contributed by atoms with Crippen LogP contribution in [0.15, 0.2) is 24.3 Å². The van der Waals surface area contributed by atoms with Gasteiger partial charge in [-0.2, -0.15) is 0 Å². The van der Waals surface area contributed by atoms with Crippen molar-refractivity contribution in [3.63, 3.8) is 0 Å². The quantitative estimate of drug-likeness (QED) is 0.675. The van der Waals surface area contributed by atoms with Crippen LogP contribution in [0.2, 0.25) is 5.02 Å². The number of β-amino-alcohol motifs (C(OH)–C–C–N with tert-alkyl or cyclic N) is 1. The van der Waals surface area contributed by atoms with Crippen LogP contribution in [0.5, 0.6) is 0 Å². The molecule has 0 bridgehead atoms. The molecule has 3 rings (SSSR count). The summed E-state index contributed by atoms with van der Waals surface area (Å²) in [6, 6.07) is 4.29. The number of carbonyl (C=O) groups is 2. The standard InChI is InChI=1S/C23H31ClFN3O3/c1-17-13-19(29)16-26(15-17)8-2-9-27-11-12-28(10-7-23(27)31)22(30)6-4-18-3-5-21(25)20(24)14-18/h3-6,14,17,19,29H,2,7-13,15-16H2,1H3/t17-,19+/m0/s1. The first-order chi connectivity index (χ1) is 14.8. The monoisotopic (exact) mass is 451 g/mol. The van der Waals surface area contributed by atoms with E-state index < -0.39 is 5.82 Å². The maximum absolute atomic E-state index is 13.3. The largest absolute Gasteiger partial charge is 0.392 e. The molecule has 31 heavy (non-hydrogen) atoms. The maximum atomic E-state index is 13.3. The van der Waals surface area contributed by atoms with Gasteiger partial charge >= 0.3 is 0 Å². The lowest BCUT2D eigenvalue weighted by Crippen LogP contribution is -2.43. The molecule has 2 amide bonds. The zero-order valence-corrected chi connectivity index (χ0v) is 18.7. The van der Waals surface area contributed by atoms with Crippen molar-refractivity contribution in [3.05, 3.63) is 40.7 Å². The van der Waals surface area contributed by atoms with E-state index in [9.17, 15) is 19.1 Å². The van der Waals surface area contributed by atoms with Crippen molar-refractivity contribution in [3.8, 4) is 0 Å². The second kappa shape index (κ2) is 11.1. The summed E-state index contributed by atoms with van der Waals surface area (Å²) in [6.45, 7) is 6.74. The number of piperidine rings is 1. The molecule has 0 unspecified atom stereocenters. The SMILES string of the molecule is C[C@H]1C[C@@H](O)CN(CCCN2CCN(C(=O)C=Cc3ccc(F)c(Cl)c3)CCC2=O)C1. The van der Waals surface area contributed by atoms with Gasteiger partial charge < -0.3 is 19.8 Å². The fraction of sp³-hybridized carbons (Fsp3) is 0.565. The number of amides is 2. The van der Waals surface area contributed by atoms with Gasteiger partial charge in [0.1, 0.15) is 5.82 Å². The molecule has 0 radical (unpaired) electrons. The molecule has 8 heteroatoms. The molecule has 2 atom stereocenters. The predicted molar refractivity (Wildman–Crippen MR) is 119 cm³/mol. The van der Waals surface area contributed by atoms with Crippen molar-refractivity contribution in [2.45, 2.75) is 32.3 Å². The minimum atomic E-state index is -0.498. The Balaban J connectivity index is 1.46. The number of rotatable bonds is 6. The minimum absolute atomic E-state index is 0.0131. The first kappa shape index (κ1) is 23.7. The molecule has 2 heterocycles. The van der Waals surface area contributed by atoms with Crippen LogP contribution >= 0.6 is 11.6 Å². The molecule has 0 aromatic heterocycles. The number of aliphatic hydroxyl groups is 1. The van der Waals surface area contributed by atoms with Gasteiger partial charge in [-0.3, -0.25) is 9.59 Å². The molecule has 0 saturated carbocycles. The lowest BCUT2D eigenvalue weighted by atomic mass is 9.98. The number of hydrogen-bond donors (Lipinski definition) is 1. The molecule has 0 spiro atoms. The van der Waals surface area contributed by atoms with Gasteiger partial charge in [0.05, 0.1) is 11.1 Å². The Bertz CT molecular complexity index is 809. The number of benzene rings is 1. The Hall–Kier alpha value is -1.96. The zero-order chi connectivity index (χ0) is 22.4. The average molecular weight is 452 g/mol. The van der Waals surface area contributed by atoms with Crippen molar-refractivity contribution >= 4 is 29.5 Å². The molecular formula is C23H31ClFN3O3. The van der Waals surface area contributed by atoms with Gasteiger partial charge in [-0.1, -0.05) is 24.6 Å². The number of carbonyl (C=O) groups excluding carboxylic acids is 2. The average Bonchev–Trinajstić information content (AvgIpc) is 2.90. The van der Waals surface area contributed by atoms with Crippen LogP contribution in [0, 0.1) is 11.7 Å². The van der Waals surface area contributed by atoms with Crippen molar-refractivity contribution in [1.29, 1.82) is 0 Å². The highest BCUT2D eigenvalue weighted by Gasteiger charge is 2.25. The predicted octanol–water partition coefficient (Wildman–Crippen LogP) is 2.65. The Kier molecular flexibility index (Phi) is 8.46. The van der Waals surface area contributed by atoms with Crippen molar-refractivity contribution in [1.82, 2.24) is 14.7 Å². The lowest BCUT2D eigenvalue weighted by Gasteiger charge is -2.34. The topological polar surface area (TPSA) is 64.1 Å². The van der Waals surface area contributed by atoms with Crippen molar-refractivity contribution < 1.29 is 19.1 Å². The fourth-order valence-electron chi connectivity index (χ4n) is 4.31. The molecular weight excluding hydrogens is 421 g/mol. The smallest absolute Gasteiger partial charge is 0.246 e. The second-order valence-corrected chi connectivity index (χ2v) is 8.98. The van der Waals surface area contributed by atoms with Crippen LogP contribution in [0.3, 0.4) is 0 Å². The number of hydrogen-bond acceptors (Lipinski definition) is 4. The molecule has 0 aliphatic carbocycles. The Labute approximate surface area is 188 Å². The Morgan fingerprint density at radius 2 is 2.06 bits per heavy atom.